The molecule has 0 aromatic carbocycles. The van der Waals surface area contributed by atoms with Crippen molar-refractivity contribution < 1.29 is 15.0 Å². The average molecular weight is 106 g/mol. The van der Waals surface area contributed by atoms with E-state index >= 15 is 0 Å². The van der Waals surface area contributed by atoms with Crippen molar-refractivity contribution in [3.63, 3.8) is 0 Å². The topological polar surface area (TPSA) is 57.8 Å². The first-order chi connectivity index (χ1) is 2.77. The zero-order chi connectivity index (χ0) is 4.99. The van der Waals surface area contributed by atoms with Crippen LogP contribution in [0, 0.1) is 0 Å². The fraction of sp³-hybridized carbons (Fsp3) is 0.750. The molecule has 0 fully saturated rings. The minimum atomic E-state index is 0. The first-order valence-corrected chi connectivity index (χ1v) is 1.75. The van der Waals surface area contributed by atoms with Crippen LogP contribution >= 0.6 is 0 Å². The Balaban J connectivity index is 0. The maximum atomic E-state index is 9.92. The zero-order valence-electron chi connectivity index (χ0n) is 4.52. The predicted octanol–water partition coefficient (Wildman–Crippen LogP) is -0.603. The van der Waals surface area contributed by atoms with E-state index in [4.69, 9.17) is 0 Å². The summed E-state index contributed by atoms with van der Waals surface area (Å²) < 4.78 is 4.45. The molecule has 0 amide bonds. The van der Waals surface area contributed by atoms with Gasteiger partial charge in [0.2, 0.25) is 0 Å². The van der Waals surface area contributed by atoms with Gasteiger partial charge in [-0.1, -0.05) is 0 Å². The molecule has 44 valence electrons. The van der Waals surface area contributed by atoms with Gasteiger partial charge in [-0.25, -0.2) is 0 Å². The summed E-state index contributed by atoms with van der Waals surface area (Å²) in [5.41, 5.74) is 0. The molecule has 0 bridgehead atoms. The molecule has 0 rings (SSSR count). The first-order valence-electron chi connectivity index (χ1n) is 1.75. The molecule has 0 aliphatic rings. The van der Waals surface area contributed by atoms with Crippen LogP contribution in [0.5, 0.6) is 0 Å². The van der Waals surface area contributed by atoms with E-state index in [-0.39, 0.29) is 17.9 Å². The van der Waals surface area contributed by atoms with Crippen molar-refractivity contribution in [3.05, 3.63) is 0 Å². The minimum Gasteiger partial charge on any atom is -0.412 e. The van der Waals surface area contributed by atoms with Crippen LogP contribution in [0.3, 0.4) is 0 Å². The quantitative estimate of drug-likeness (QED) is 0.471. The molecule has 3 nitrogen and oxygen atoms in total. The second kappa shape index (κ2) is 5.59. The van der Waals surface area contributed by atoms with Gasteiger partial charge in [0.25, 0.3) is 0 Å². The van der Waals surface area contributed by atoms with E-state index in [9.17, 15) is 4.79 Å². The Hall–Kier alpha value is -0.410. The van der Waals surface area contributed by atoms with Gasteiger partial charge in [-0.2, -0.15) is 0 Å². The van der Waals surface area contributed by atoms with Gasteiger partial charge >= 0.3 is 0 Å². The van der Waals surface area contributed by atoms with Crippen LogP contribution in [0.4, 0.5) is 0 Å². The van der Waals surface area contributed by atoms with Gasteiger partial charge in [-0.05, 0) is 6.92 Å². The van der Waals surface area contributed by atoms with E-state index in [1.54, 1.807) is 0 Å². The Labute approximate surface area is 42.6 Å². The van der Waals surface area contributed by atoms with Gasteiger partial charge in [0.05, 0.1) is 0 Å². The lowest BCUT2D eigenvalue weighted by atomic mass is 10.5. The van der Waals surface area contributed by atoms with E-state index in [1.165, 1.54) is 14.0 Å². The van der Waals surface area contributed by atoms with Crippen LogP contribution in [0.1, 0.15) is 6.92 Å². The molecule has 7 heavy (non-hydrogen) atoms. The molecule has 0 aromatic heterocycles. The highest BCUT2D eigenvalue weighted by atomic mass is 16.5. The van der Waals surface area contributed by atoms with Crippen LogP contribution in [0.25, 0.3) is 0 Å². The second-order valence-corrected chi connectivity index (χ2v) is 1.14. The smallest absolute Gasteiger partial charge is 0.155 e. The summed E-state index contributed by atoms with van der Waals surface area (Å²) in [6, 6.07) is 0. The third-order valence-corrected chi connectivity index (χ3v) is 0.348. The van der Waals surface area contributed by atoms with Crippen LogP contribution in [-0.2, 0) is 9.53 Å². The van der Waals surface area contributed by atoms with Gasteiger partial charge in [0.15, 0.2) is 5.78 Å². The monoisotopic (exact) mass is 106 g/mol. The number of Topliss-reactive ketones (excluding diaryl/α,β-unsaturated/α-hetero) is 1. The Morgan fingerprint density at radius 2 is 2.14 bits per heavy atom. The lowest BCUT2D eigenvalue weighted by Crippen LogP contribution is -1.98. The molecular weight excluding hydrogens is 96.0 g/mol. The Morgan fingerprint density at radius 1 is 1.71 bits per heavy atom. The van der Waals surface area contributed by atoms with Crippen LogP contribution < -0.4 is 0 Å². The van der Waals surface area contributed by atoms with Crippen molar-refractivity contribution in [2.45, 2.75) is 6.92 Å². The summed E-state index contributed by atoms with van der Waals surface area (Å²) in [5.74, 6) is 0.0671. The molecule has 0 heterocycles. The molecule has 2 N–H and O–H groups in total. The van der Waals surface area contributed by atoms with E-state index in [0.29, 0.717) is 0 Å². The number of methoxy groups -OCH3 is 1. The summed E-state index contributed by atoms with van der Waals surface area (Å²) in [6.45, 7) is 1.73. The van der Waals surface area contributed by atoms with Gasteiger partial charge in [-0.3, -0.25) is 4.79 Å². The molecular formula is C4H10O3. The van der Waals surface area contributed by atoms with Crippen molar-refractivity contribution in [1.29, 1.82) is 0 Å². The Morgan fingerprint density at radius 3 is 2.14 bits per heavy atom. The molecule has 0 aliphatic carbocycles. The van der Waals surface area contributed by atoms with Crippen LogP contribution in [0.2, 0.25) is 0 Å². The molecule has 0 aromatic rings. The number of ketones is 1. The molecule has 0 saturated carbocycles. The molecule has 0 saturated heterocycles. The Bertz CT molecular complexity index is 50.9. The third kappa shape index (κ3) is 10.7. The average Bonchev–Trinajstić information content (AvgIpc) is 1.35. The maximum absolute atomic E-state index is 9.92. The highest BCUT2D eigenvalue weighted by Crippen LogP contribution is 1.65. The van der Waals surface area contributed by atoms with E-state index < -0.39 is 0 Å². The van der Waals surface area contributed by atoms with Crippen molar-refractivity contribution in [1.82, 2.24) is 0 Å². The number of carbonyl (C=O) groups excluding carboxylic acids is 1. The van der Waals surface area contributed by atoms with E-state index in [0.717, 1.165) is 0 Å². The van der Waals surface area contributed by atoms with Gasteiger partial charge in [0, 0.05) is 7.11 Å². The molecule has 0 unspecified atom stereocenters. The lowest BCUT2D eigenvalue weighted by Gasteiger charge is -1.84. The van der Waals surface area contributed by atoms with Crippen LogP contribution in [-0.4, -0.2) is 25.0 Å². The number of hydrogen-bond donors (Lipinski definition) is 0. The summed E-state index contributed by atoms with van der Waals surface area (Å²) in [4.78, 5) is 9.92. The van der Waals surface area contributed by atoms with Crippen molar-refractivity contribution >= 4 is 5.78 Å². The van der Waals surface area contributed by atoms with Crippen molar-refractivity contribution in [3.8, 4) is 0 Å². The second-order valence-electron chi connectivity index (χ2n) is 1.14. The SMILES string of the molecule is COCC(C)=O.O. The highest BCUT2D eigenvalue weighted by molar-refractivity contribution is 5.76. The number of hydrogen-bond acceptors (Lipinski definition) is 2. The number of ether oxygens (including phenoxy) is 1. The summed E-state index contributed by atoms with van der Waals surface area (Å²) in [7, 11) is 1.50. The Kier molecular flexibility index (Phi) is 7.81. The van der Waals surface area contributed by atoms with Gasteiger partial charge in [-0.15, -0.1) is 0 Å². The zero-order valence-corrected chi connectivity index (χ0v) is 4.52. The standard InChI is InChI=1S/C4H8O2.H2O/c1-4(5)3-6-2;/h3H2,1-2H3;1H2. The van der Waals surface area contributed by atoms with E-state index in [2.05, 4.69) is 4.74 Å². The molecule has 3 heteroatoms. The fourth-order valence-electron chi connectivity index (χ4n) is 0.203. The van der Waals surface area contributed by atoms with Crippen LogP contribution in [0.15, 0.2) is 0 Å². The van der Waals surface area contributed by atoms with Gasteiger partial charge < -0.3 is 10.2 Å². The molecule has 0 spiro atoms. The minimum absolute atomic E-state index is 0. The van der Waals surface area contributed by atoms with E-state index in [1.807, 2.05) is 0 Å². The highest BCUT2D eigenvalue weighted by Gasteiger charge is 1.83. The normalized spacial score (nSPS) is 7.14. The molecule has 0 aliphatic heterocycles. The van der Waals surface area contributed by atoms with Gasteiger partial charge in [0.1, 0.15) is 6.61 Å². The summed E-state index contributed by atoms with van der Waals surface area (Å²) >= 11 is 0. The molecule has 0 radical (unpaired) electrons. The number of carbonyl (C=O) groups is 1. The number of rotatable bonds is 2. The predicted molar refractivity (Wildman–Crippen MR) is 26.2 cm³/mol. The largest absolute Gasteiger partial charge is 0.412 e. The first kappa shape index (κ1) is 9.77. The third-order valence-electron chi connectivity index (χ3n) is 0.348. The lowest BCUT2D eigenvalue weighted by molar-refractivity contribution is -0.120. The fourth-order valence-corrected chi connectivity index (χ4v) is 0.203. The maximum Gasteiger partial charge on any atom is 0.155 e. The van der Waals surface area contributed by atoms with Crippen molar-refractivity contribution in [2.24, 2.45) is 0 Å². The molecule has 0 atom stereocenters. The summed E-state index contributed by atoms with van der Waals surface area (Å²) in [5, 5.41) is 0. The summed E-state index contributed by atoms with van der Waals surface area (Å²) in [6.07, 6.45) is 0. The van der Waals surface area contributed by atoms with Crippen molar-refractivity contribution in [2.75, 3.05) is 13.7 Å².